The molecule has 3 heteroatoms. The maximum atomic E-state index is 5.65. The zero-order chi connectivity index (χ0) is 13.0. The number of hydrogen-bond donors (Lipinski definition) is 0. The molecule has 0 aliphatic rings. The molecule has 2 rings (SSSR count). The van der Waals surface area contributed by atoms with Crippen LogP contribution in [0.25, 0.3) is 16.3 Å². The molecular weight excluding hydrogens is 242 g/mol. The normalized spacial score (nSPS) is 12.1. The van der Waals surface area contributed by atoms with E-state index in [1.807, 2.05) is 18.3 Å². The van der Waals surface area contributed by atoms with E-state index in [2.05, 4.69) is 48.8 Å². The number of rotatable bonds is 5. The van der Waals surface area contributed by atoms with Crippen molar-refractivity contribution in [1.29, 1.82) is 0 Å². The first-order valence-corrected chi connectivity index (χ1v) is 7.36. The Kier molecular flexibility index (Phi) is 4.37. The molecule has 0 aliphatic heterocycles. The highest BCUT2D eigenvalue weighted by Crippen LogP contribution is 2.22. The summed E-state index contributed by atoms with van der Waals surface area (Å²) in [5.74, 6) is 1.06. The lowest BCUT2D eigenvalue weighted by molar-refractivity contribution is -0.665. The lowest BCUT2D eigenvalue weighted by Gasteiger charge is -2.03. The Balaban J connectivity index is 2.49. The highest BCUT2D eigenvalue weighted by molar-refractivity contribution is 7.18. The second-order valence-electron chi connectivity index (χ2n) is 4.05. The van der Waals surface area contributed by atoms with Gasteiger partial charge in [-0.3, -0.25) is 0 Å². The van der Waals surface area contributed by atoms with Gasteiger partial charge in [0.05, 0.1) is 12.7 Å². The van der Waals surface area contributed by atoms with Gasteiger partial charge in [0.15, 0.2) is 0 Å². The van der Waals surface area contributed by atoms with Crippen LogP contribution in [0.15, 0.2) is 30.0 Å². The summed E-state index contributed by atoms with van der Waals surface area (Å²) in [6.07, 6.45) is 3.11. The number of nitrogens with zero attached hydrogens (tertiary/aromatic N) is 1. The predicted octanol–water partition coefficient (Wildman–Crippen LogP) is 4.00. The Hall–Kier alpha value is -1.35. The molecule has 96 valence electrons. The molecule has 0 unspecified atom stereocenters. The van der Waals surface area contributed by atoms with Crippen LogP contribution in [0.4, 0.5) is 0 Å². The maximum Gasteiger partial charge on any atom is 0.266 e. The number of aromatic nitrogens is 1. The second-order valence-corrected chi connectivity index (χ2v) is 5.11. The Morgan fingerprint density at radius 1 is 1.28 bits per heavy atom. The highest BCUT2D eigenvalue weighted by atomic mass is 32.1. The van der Waals surface area contributed by atoms with Crippen molar-refractivity contribution in [1.82, 2.24) is 0 Å². The monoisotopic (exact) mass is 262 g/mol. The van der Waals surface area contributed by atoms with Gasteiger partial charge < -0.3 is 4.74 Å². The molecule has 0 radical (unpaired) electrons. The molecule has 0 saturated carbocycles. The predicted molar refractivity (Wildman–Crippen MR) is 77.6 cm³/mol. The first kappa shape index (κ1) is 13.1. The van der Waals surface area contributed by atoms with Crippen molar-refractivity contribution in [2.24, 2.45) is 0 Å². The minimum atomic E-state index is 0.733. The van der Waals surface area contributed by atoms with Crippen molar-refractivity contribution in [3.63, 3.8) is 0 Å². The van der Waals surface area contributed by atoms with E-state index in [1.54, 1.807) is 0 Å². The second kappa shape index (κ2) is 6.01. The summed E-state index contributed by atoms with van der Waals surface area (Å²) >= 11 is 1.82. The molecule has 18 heavy (non-hydrogen) atoms. The first-order valence-electron chi connectivity index (χ1n) is 6.54. The van der Waals surface area contributed by atoms with Crippen LogP contribution in [-0.4, -0.2) is 6.61 Å². The van der Waals surface area contributed by atoms with Crippen LogP contribution >= 0.6 is 11.3 Å². The number of aryl methyl sites for hydroxylation is 1. The van der Waals surface area contributed by atoms with Crippen LogP contribution in [-0.2, 0) is 11.3 Å². The van der Waals surface area contributed by atoms with E-state index in [0.29, 0.717) is 0 Å². The largest absolute Gasteiger partial charge is 0.498 e. The van der Waals surface area contributed by atoms with Gasteiger partial charge in [0, 0.05) is 12.5 Å². The Morgan fingerprint density at radius 2 is 2.06 bits per heavy atom. The van der Waals surface area contributed by atoms with Gasteiger partial charge in [-0.2, -0.15) is 4.57 Å². The summed E-state index contributed by atoms with van der Waals surface area (Å²) < 4.78 is 9.32. The van der Waals surface area contributed by atoms with Crippen molar-refractivity contribution < 1.29 is 9.30 Å². The lowest BCUT2D eigenvalue weighted by atomic mass is 10.3. The van der Waals surface area contributed by atoms with E-state index >= 15 is 0 Å². The average molecular weight is 262 g/mol. The van der Waals surface area contributed by atoms with Gasteiger partial charge in [-0.05, 0) is 19.9 Å². The SMILES string of the molecule is CCO/C(=C\c1sc2ccccc2[n+]1CC)CC. The minimum absolute atomic E-state index is 0.733. The van der Waals surface area contributed by atoms with Gasteiger partial charge in [0.2, 0.25) is 5.52 Å². The molecule has 1 aromatic heterocycles. The van der Waals surface area contributed by atoms with Crippen molar-refractivity contribution in [2.45, 2.75) is 33.7 Å². The van der Waals surface area contributed by atoms with Crippen LogP contribution < -0.4 is 4.57 Å². The van der Waals surface area contributed by atoms with Crippen LogP contribution in [0.1, 0.15) is 32.2 Å². The fourth-order valence-electron chi connectivity index (χ4n) is 2.06. The van der Waals surface area contributed by atoms with Crippen LogP contribution in [0.3, 0.4) is 0 Å². The number of fused-ring (bicyclic) bond motifs is 1. The van der Waals surface area contributed by atoms with Crippen molar-refractivity contribution in [3.05, 3.63) is 35.0 Å². The molecule has 0 atom stereocenters. The topological polar surface area (TPSA) is 13.1 Å². The zero-order valence-electron chi connectivity index (χ0n) is 11.3. The van der Waals surface area contributed by atoms with Gasteiger partial charge >= 0.3 is 0 Å². The van der Waals surface area contributed by atoms with Gasteiger partial charge in [0.25, 0.3) is 5.01 Å². The molecule has 0 amide bonds. The number of allylic oxidation sites excluding steroid dienone is 1. The van der Waals surface area contributed by atoms with Crippen molar-refractivity contribution >= 4 is 27.6 Å². The van der Waals surface area contributed by atoms with E-state index < -0.39 is 0 Å². The molecule has 0 saturated heterocycles. The van der Waals surface area contributed by atoms with E-state index in [4.69, 9.17) is 4.74 Å². The van der Waals surface area contributed by atoms with Gasteiger partial charge in [-0.25, -0.2) is 0 Å². The van der Waals surface area contributed by atoms with Crippen LogP contribution in [0.5, 0.6) is 0 Å². The van der Waals surface area contributed by atoms with Gasteiger partial charge in [-0.1, -0.05) is 30.4 Å². The number of benzene rings is 1. The van der Waals surface area contributed by atoms with Crippen molar-refractivity contribution in [2.75, 3.05) is 6.61 Å². The Morgan fingerprint density at radius 3 is 2.72 bits per heavy atom. The van der Waals surface area contributed by atoms with Crippen LogP contribution in [0.2, 0.25) is 0 Å². The molecule has 2 aromatic rings. The molecular formula is C15H20NOS+. The third-order valence-electron chi connectivity index (χ3n) is 2.92. The van der Waals surface area contributed by atoms with E-state index in [0.717, 1.165) is 25.3 Å². The van der Waals surface area contributed by atoms with Crippen LogP contribution in [0, 0.1) is 0 Å². The molecule has 0 aliphatic carbocycles. The zero-order valence-corrected chi connectivity index (χ0v) is 12.1. The quantitative estimate of drug-likeness (QED) is 0.586. The van der Waals surface area contributed by atoms with Crippen molar-refractivity contribution in [3.8, 4) is 0 Å². The summed E-state index contributed by atoms with van der Waals surface area (Å²) in [6, 6.07) is 8.54. The number of ether oxygens (including phenoxy) is 1. The number of thiazole rings is 1. The summed E-state index contributed by atoms with van der Waals surface area (Å²) in [5, 5.41) is 1.27. The average Bonchev–Trinajstić information content (AvgIpc) is 2.75. The lowest BCUT2D eigenvalue weighted by Crippen LogP contribution is -2.33. The first-order chi connectivity index (χ1) is 8.80. The van der Waals surface area contributed by atoms with E-state index in [1.165, 1.54) is 15.2 Å². The van der Waals surface area contributed by atoms with Gasteiger partial charge in [-0.15, -0.1) is 0 Å². The summed E-state index contributed by atoms with van der Waals surface area (Å²) in [4.78, 5) is 0. The number of hydrogen-bond acceptors (Lipinski definition) is 2. The molecule has 0 fully saturated rings. The van der Waals surface area contributed by atoms with E-state index in [9.17, 15) is 0 Å². The highest BCUT2D eigenvalue weighted by Gasteiger charge is 2.17. The molecule has 0 spiro atoms. The molecule has 1 aromatic carbocycles. The minimum Gasteiger partial charge on any atom is -0.498 e. The summed E-state index contributed by atoms with van der Waals surface area (Å²) in [6.45, 7) is 8.06. The number of para-hydroxylation sites is 1. The Labute approximate surface area is 113 Å². The fraction of sp³-hybridized carbons (Fsp3) is 0.400. The standard InChI is InChI=1S/C15H20NOS/c1-4-12(17-6-3)11-15-16(5-2)13-9-7-8-10-14(13)18-15/h7-11H,4-6H2,1-3H3/q+1/b12-11-. The molecule has 0 N–H and O–H groups in total. The summed E-state index contributed by atoms with van der Waals surface area (Å²) in [7, 11) is 0. The Bertz CT molecular complexity index is 557. The maximum absolute atomic E-state index is 5.65. The smallest absolute Gasteiger partial charge is 0.266 e. The van der Waals surface area contributed by atoms with E-state index in [-0.39, 0.29) is 0 Å². The summed E-state index contributed by atoms with van der Waals surface area (Å²) in [5.41, 5.74) is 1.31. The van der Waals surface area contributed by atoms with Gasteiger partial charge in [0.1, 0.15) is 17.0 Å². The molecule has 2 nitrogen and oxygen atoms in total. The fourth-order valence-corrected chi connectivity index (χ4v) is 3.24. The third kappa shape index (κ3) is 2.56. The third-order valence-corrected chi connectivity index (χ3v) is 4.03. The molecule has 1 heterocycles. The molecule has 0 bridgehead atoms.